The largest absolute Gasteiger partial charge is 0.460 e. The summed E-state index contributed by atoms with van der Waals surface area (Å²) in [5.74, 6) is -1.02. The summed E-state index contributed by atoms with van der Waals surface area (Å²) in [4.78, 5) is 39.2. The predicted molar refractivity (Wildman–Crippen MR) is 99.8 cm³/mol. The highest BCUT2D eigenvalue weighted by Crippen LogP contribution is 2.20. The van der Waals surface area contributed by atoms with Gasteiger partial charge in [0.15, 0.2) is 0 Å². The van der Waals surface area contributed by atoms with Crippen LogP contribution < -0.4 is 0 Å². The van der Waals surface area contributed by atoms with Gasteiger partial charge in [0, 0.05) is 12.8 Å². The molecule has 0 amide bonds. The Balaban J connectivity index is 1.46. The molecule has 6 bridgehead atoms. The summed E-state index contributed by atoms with van der Waals surface area (Å²) in [5.41, 5.74) is 2.13. The zero-order valence-corrected chi connectivity index (χ0v) is 16.2. The van der Waals surface area contributed by atoms with Gasteiger partial charge in [-0.1, -0.05) is 16.4 Å². The van der Waals surface area contributed by atoms with Crippen LogP contribution in [0.2, 0.25) is 0 Å². The number of fused-ring (bicyclic) bond motifs is 8. The van der Waals surface area contributed by atoms with E-state index in [0.717, 1.165) is 0 Å². The van der Waals surface area contributed by atoms with Gasteiger partial charge in [0.1, 0.15) is 24.6 Å². The molecule has 11 heteroatoms. The maximum Gasteiger partial charge on any atom is 0.350 e. The van der Waals surface area contributed by atoms with E-state index in [4.69, 9.17) is 28.6 Å². The van der Waals surface area contributed by atoms with Gasteiger partial charge in [-0.25, -0.2) is 14.6 Å². The number of aromatic nitrogens is 1. The minimum absolute atomic E-state index is 0.0978. The van der Waals surface area contributed by atoms with Crippen LogP contribution in [0.5, 0.6) is 0 Å². The average molecular weight is 419 g/mol. The summed E-state index contributed by atoms with van der Waals surface area (Å²) in [6.45, 7) is 1.30. The molecule has 160 valence electrons. The fraction of sp³-hybridized carbons (Fsp3) is 0.526. The third-order valence-corrected chi connectivity index (χ3v) is 4.52. The van der Waals surface area contributed by atoms with E-state index >= 15 is 0 Å². The second-order valence-corrected chi connectivity index (χ2v) is 6.64. The van der Waals surface area contributed by atoms with Crippen LogP contribution in [-0.2, 0) is 38.2 Å². The molecule has 1 aromatic rings. The van der Waals surface area contributed by atoms with Crippen LogP contribution in [0.3, 0.4) is 0 Å². The topological polar surface area (TPSA) is 127 Å². The third-order valence-electron chi connectivity index (χ3n) is 4.52. The minimum Gasteiger partial charge on any atom is -0.460 e. The van der Waals surface area contributed by atoms with E-state index in [1.165, 1.54) is 0 Å². The molecule has 0 N–H and O–H groups in total. The first-order valence-electron chi connectivity index (χ1n) is 9.62. The number of ether oxygens (including phenoxy) is 4. The van der Waals surface area contributed by atoms with Gasteiger partial charge >= 0.3 is 11.9 Å². The highest BCUT2D eigenvalue weighted by Gasteiger charge is 2.33. The number of nitrogens with zero attached hydrogens (tertiary/aromatic N) is 3. The molecule has 3 aliphatic rings. The molecule has 0 saturated carbocycles. The summed E-state index contributed by atoms with van der Waals surface area (Å²) in [5, 5.41) is 7.94. The van der Waals surface area contributed by atoms with Crippen molar-refractivity contribution >= 4 is 23.4 Å². The monoisotopic (exact) mass is 419 g/mol. The lowest BCUT2D eigenvalue weighted by Gasteiger charge is -2.10. The van der Waals surface area contributed by atoms with Crippen molar-refractivity contribution in [3.05, 3.63) is 29.6 Å². The van der Waals surface area contributed by atoms with E-state index in [1.807, 2.05) is 0 Å². The Labute approximate surface area is 171 Å². The fourth-order valence-electron chi connectivity index (χ4n) is 2.98. The molecule has 0 aromatic carbocycles. The number of rotatable bonds is 0. The number of carbonyl (C=O) groups is 2. The molecule has 0 saturated heterocycles. The molecule has 30 heavy (non-hydrogen) atoms. The molecule has 0 aliphatic carbocycles. The number of hydrogen-bond donors (Lipinski definition) is 0. The molecular formula is C19H21N3O8. The standard InChI is InChI=1S/C19H21N3O8/c23-18-16-10-14(21-29-16)12-2-1-3-13(20-12)15-11-17(30-22-15)19(24)28-9-7-26-5-4-25-6-8-27-18/h1-3,16-17H,4-11H2/t16-,17+. The number of esters is 2. The molecule has 4 heterocycles. The fourth-order valence-corrected chi connectivity index (χ4v) is 2.98. The number of oxime groups is 2. The van der Waals surface area contributed by atoms with E-state index in [0.29, 0.717) is 36.0 Å². The van der Waals surface area contributed by atoms with Crippen LogP contribution in [0.25, 0.3) is 0 Å². The molecule has 11 nitrogen and oxygen atoms in total. The quantitative estimate of drug-likeness (QED) is 0.542. The van der Waals surface area contributed by atoms with Crippen molar-refractivity contribution in [3.63, 3.8) is 0 Å². The van der Waals surface area contributed by atoms with Gasteiger partial charge in [-0.05, 0) is 12.1 Å². The van der Waals surface area contributed by atoms with Crippen LogP contribution >= 0.6 is 0 Å². The second kappa shape index (κ2) is 9.63. The Bertz CT molecular complexity index is 791. The van der Waals surface area contributed by atoms with Crippen LogP contribution in [-0.4, -0.2) is 80.2 Å². The van der Waals surface area contributed by atoms with Crippen LogP contribution in [0.1, 0.15) is 24.2 Å². The second-order valence-electron chi connectivity index (χ2n) is 6.64. The average Bonchev–Trinajstić information content (AvgIpc) is 3.44. The molecule has 1 aromatic heterocycles. The summed E-state index contributed by atoms with van der Waals surface area (Å²) < 4.78 is 21.0. The van der Waals surface area contributed by atoms with E-state index in [9.17, 15) is 9.59 Å². The Morgan fingerprint density at radius 1 is 0.700 bits per heavy atom. The first kappa shape index (κ1) is 20.2. The van der Waals surface area contributed by atoms with Crippen LogP contribution in [0.15, 0.2) is 28.5 Å². The first-order chi connectivity index (χ1) is 14.7. The van der Waals surface area contributed by atoms with Gasteiger partial charge in [-0.3, -0.25) is 0 Å². The van der Waals surface area contributed by atoms with Gasteiger partial charge in [-0.15, -0.1) is 0 Å². The molecule has 4 rings (SSSR count). The highest BCUT2D eigenvalue weighted by atomic mass is 16.7. The van der Waals surface area contributed by atoms with Crippen molar-refractivity contribution in [2.75, 3.05) is 39.6 Å². The molecule has 0 fully saturated rings. The molecular weight excluding hydrogens is 398 g/mol. The first-order valence-corrected chi connectivity index (χ1v) is 9.62. The Kier molecular flexibility index (Phi) is 6.50. The third kappa shape index (κ3) is 4.92. The molecule has 0 unspecified atom stereocenters. The summed E-state index contributed by atoms with van der Waals surface area (Å²) in [6, 6.07) is 5.29. The van der Waals surface area contributed by atoms with Gasteiger partial charge in [0.05, 0.1) is 37.8 Å². The molecule has 0 spiro atoms. The summed E-state index contributed by atoms with van der Waals surface area (Å²) in [6.07, 6.45) is -1.17. The van der Waals surface area contributed by atoms with Gasteiger partial charge in [0.25, 0.3) is 0 Å². The Hall–Kier alpha value is -3.05. The number of carbonyl (C=O) groups excluding carboxylic acids is 2. The highest BCUT2D eigenvalue weighted by molar-refractivity contribution is 6.05. The number of hydrogen-bond acceptors (Lipinski definition) is 11. The van der Waals surface area contributed by atoms with Crippen molar-refractivity contribution in [2.45, 2.75) is 25.0 Å². The lowest BCUT2D eigenvalue weighted by molar-refractivity contribution is -0.158. The minimum atomic E-state index is -0.825. The lowest BCUT2D eigenvalue weighted by atomic mass is 10.1. The number of cyclic esters (lactones) is 2. The van der Waals surface area contributed by atoms with E-state index in [-0.39, 0.29) is 39.3 Å². The SMILES string of the molecule is O=C1OCCOCCOCCOC(=O)[C@H]2CC(=NO2)c2cccc(n2)C2=NO[C@H]1C2. The van der Waals surface area contributed by atoms with Crippen molar-refractivity contribution in [1.82, 2.24) is 4.98 Å². The van der Waals surface area contributed by atoms with Gasteiger partial charge in [0.2, 0.25) is 12.2 Å². The maximum atomic E-state index is 12.1. The van der Waals surface area contributed by atoms with Gasteiger partial charge in [-0.2, -0.15) is 0 Å². The van der Waals surface area contributed by atoms with Crippen molar-refractivity contribution in [3.8, 4) is 0 Å². The Morgan fingerprint density at radius 3 is 1.67 bits per heavy atom. The van der Waals surface area contributed by atoms with Gasteiger partial charge < -0.3 is 28.6 Å². The van der Waals surface area contributed by atoms with Crippen LogP contribution in [0, 0.1) is 0 Å². The summed E-state index contributed by atoms with van der Waals surface area (Å²) in [7, 11) is 0. The van der Waals surface area contributed by atoms with E-state index < -0.39 is 24.1 Å². The molecule has 0 radical (unpaired) electrons. The van der Waals surface area contributed by atoms with Crippen molar-refractivity contribution in [1.29, 1.82) is 0 Å². The van der Waals surface area contributed by atoms with E-state index in [2.05, 4.69) is 15.3 Å². The maximum absolute atomic E-state index is 12.1. The lowest BCUT2D eigenvalue weighted by Crippen LogP contribution is -2.25. The smallest absolute Gasteiger partial charge is 0.350 e. The molecule has 2 atom stereocenters. The number of pyridine rings is 1. The summed E-state index contributed by atoms with van der Waals surface area (Å²) >= 11 is 0. The molecule has 3 aliphatic heterocycles. The zero-order chi connectivity index (χ0) is 20.8. The van der Waals surface area contributed by atoms with E-state index in [1.54, 1.807) is 18.2 Å². The van der Waals surface area contributed by atoms with Crippen LogP contribution in [0.4, 0.5) is 0 Å². The normalized spacial score (nSPS) is 25.6. The Morgan fingerprint density at radius 2 is 1.17 bits per heavy atom. The predicted octanol–water partition coefficient (Wildman–Crippen LogP) is 0.201. The van der Waals surface area contributed by atoms with Crippen molar-refractivity contribution < 1.29 is 38.2 Å². The zero-order valence-electron chi connectivity index (χ0n) is 16.2. The van der Waals surface area contributed by atoms with Crippen molar-refractivity contribution in [2.24, 2.45) is 10.3 Å².